The van der Waals surface area contributed by atoms with E-state index in [1.54, 1.807) is 0 Å². The molecule has 0 atom stereocenters. The Bertz CT molecular complexity index is 706. The van der Waals surface area contributed by atoms with Crippen molar-refractivity contribution in [3.8, 4) is 0 Å². The zero-order valence-corrected chi connectivity index (χ0v) is 15.2. The van der Waals surface area contributed by atoms with E-state index in [2.05, 4.69) is 71.7 Å². The van der Waals surface area contributed by atoms with Crippen LogP contribution in [0.15, 0.2) is 66.0 Å². The van der Waals surface area contributed by atoms with Crippen LogP contribution in [0.2, 0.25) is 0 Å². The second-order valence-electron chi connectivity index (χ2n) is 6.74. The molecule has 0 spiro atoms. The lowest BCUT2D eigenvalue weighted by Gasteiger charge is -2.33. The summed E-state index contributed by atoms with van der Waals surface area (Å²) in [7, 11) is 0. The predicted molar refractivity (Wildman–Crippen MR) is 106 cm³/mol. The standard InChI is InChI=1S/C22H29N3/c1-2-14-24-21-13-7-6-11-19(21)16-22-20(23)12-8-15-25(22)17-18-9-4-3-5-10-18/h3-7,9-11,13,24H,2,8,12,14-17,23H2,1H3. The fraction of sp³-hybridized carbons (Fsp3) is 0.364. The molecule has 0 bridgehead atoms. The monoisotopic (exact) mass is 335 g/mol. The third-order valence-electron chi connectivity index (χ3n) is 4.78. The predicted octanol–water partition coefficient (Wildman–Crippen LogP) is 4.52. The summed E-state index contributed by atoms with van der Waals surface area (Å²) >= 11 is 0. The Labute approximate surface area is 151 Å². The number of hydrogen-bond donors (Lipinski definition) is 2. The van der Waals surface area contributed by atoms with E-state index in [4.69, 9.17) is 5.73 Å². The fourth-order valence-corrected chi connectivity index (χ4v) is 3.43. The number of rotatable bonds is 7. The highest BCUT2D eigenvalue weighted by Crippen LogP contribution is 2.27. The molecule has 1 heterocycles. The average molecular weight is 335 g/mol. The number of para-hydroxylation sites is 1. The second kappa shape index (κ2) is 8.61. The van der Waals surface area contributed by atoms with E-state index in [1.165, 1.54) is 22.5 Å². The normalized spacial score (nSPS) is 14.7. The summed E-state index contributed by atoms with van der Waals surface area (Å²) in [6.07, 6.45) is 4.16. The van der Waals surface area contributed by atoms with Crippen LogP contribution in [0.5, 0.6) is 0 Å². The second-order valence-corrected chi connectivity index (χ2v) is 6.74. The molecule has 0 radical (unpaired) electrons. The number of hydrogen-bond acceptors (Lipinski definition) is 3. The van der Waals surface area contributed by atoms with Crippen LogP contribution in [0.1, 0.15) is 37.3 Å². The Balaban J connectivity index is 1.81. The minimum absolute atomic E-state index is 0.894. The van der Waals surface area contributed by atoms with Crippen molar-refractivity contribution < 1.29 is 0 Å². The SMILES string of the molecule is CCCNc1ccccc1CC1=C(N)CCCN1Cc1ccccc1. The van der Waals surface area contributed by atoms with Crippen molar-refractivity contribution in [2.24, 2.45) is 5.73 Å². The third-order valence-corrected chi connectivity index (χ3v) is 4.78. The van der Waals surface area contributed by atoms with Gasteiger partial charge >= 0.3 is 0 Å². The topological polar surface area (TPSA) is 41.3 Å². The number of nitrogens with zero attached hydrogens (tertiary/aromatic N) is 1. The van der Waals surface area contributed by atoms with Crippen LogP contribution in [-0.4, -0.2) is 18.0 Å². The van der Waals surface area contributed by atoms with Crippen molar-refractivity contribution in [1.29, 1.82) is 0 Å². The van der Waals surface area contributed by atoms with Crippen LogP contribution in [0.3, 0.4) is 0 Å². The first-order chi connectivity index (χ1) is 12.3. The number of benzene rings is 2. The molecule has 132 valence electrons. The van der Waals surface area contributed by atoms with Gasteiger partial charge in [0.05, 0.1) is 0 Å². The van der Waals surface area contributed by atoms with Gasteiger partial charge in [0.1, 0.15) is 0 Å². The van der Waals surface area contributed by atoms with Gasteiger partial charge in [-0.3, -0.25) is 0 Å². The number of nitrogens with one attached hydrogen (secondary N) is 1. The summed E-state index contributed by atoms with van der Waals surface area (Å²) < 4.78 is 0. The van der Waals surface area contributed by atoms with E-state index >= 15 is 0 Å². The lowest BCUT2D eigenvalue weighted by atomic mass is 10.00. The molecule has 2 aromatic carbocycles. The molecule has 0 aromatic heterocycles. The van der Waals surface area contributed by atoms with Crippen LogP contribution >= 0.6 is 0 Å². The fourth-order valence-electron chi connectivity index (χ4n) is 3.43. The molecule has 3 N–H and O–H groups in total. The Morgan fingerprint density at radius 1 is 1.04 bits per heavy atom. The van der Waals surface area contributed by atoms with E-state index in [0.29, 0.717) is 0 Å². The van der Waals surface area contributed by atoms with Crippen molar-refractivity contribution in [3.05, 3.63) is 77.1 Å². The molecule has 0 saturated heterocycles. The summed E-state index contributed by atoms with van der Waals surface area (Å²) in [5.41, 5.74) is 12.7. The van der Waals surface area contributed by atoms with E-state index < -0.39 is 0 Å². The van der Waals surface area contributed by atoms with Crippen molar-refractivity contribution in [2.45, 2.75) is 39.2 Å². The molecule has 2 aromatic rings. The molecule has 1 aliphatic heterocycles. The summed E-state index contributed by atoms with van der Waals surface area (Å²) in [5, 5.41) is 3.55. The minimum atomic E-state index is 0.894. The van der Waals surface area contributed by atoms with Crippen LogP contribution < -0.4 is 11.1 Å². The van der Waals surface area contributed by atoms with Crippen LogP contribution in [0, 0.1) is 0 Å². The highest BCUT2D eigenvalue weighted by molar-refractivity contribution is 5.52. The smallest absolute Gasteiger partial charge is 0.0427 e. The highest BCUT2D eigenvalue weighted by Gasteiger charge is 2.19. The number of nitrogens with two attached hydrogens (primary N) is 1. The summed E-state index contributed by atoms with van der Waals surface area (Å²) in [5.74, 6) is 0. The molecule has 0 fully saturated rings. The highest BCUT2D eigenvalue weighted by atomic mass is 15.1. The van der Waals surface area contributed by atoms with Crippen molar-refractivity contribution in [3.63, 3.8) is 0 Å². The largest absolute Gasteiger partial charge is 0.401 e. The first-order valence-corrected chi connectivity index (χ1v) is 9.36. The molecular formula is C22H29N3. The van der Waals surface area contributed by atoms with Crippen molar-refractivity contribution in [1.82, 2.24) is 4.90 Å². The van der Waals surface area contributed by atoms with Crippen LogP contribution in [0.25, 0.3) is 0 Å². The van der Waals surface area contributed by atoms with Crippen LogP contribution in [-0.2, 0) is 13.0 Å². The van der Waals surface area contributed by atoms with Crippen molar-refractivity contribution in [2.75, 3.05) is 18.4 Å². The lowest BCUT2D eigenvalue weighted by Crippen LogP contribution is -2.32. The van der Waals surface area contributed by atoms with Gasteiger partial charge in [-0.25, -0.2) is 0 Å². The maximum atomic E-state index is 6.44. The average Bonchev–Trinajstić information content (AvgIpc) is 2.64. The molecule has 0 amide bonds. The maximum absolute atomic E-state index is 6.44. The molecule has 3 rings (SSSR count). The van der Waals surface area contributed by atoms with E-state index in [-0.39, 0.29) is 0 Å². The first-order valence-electron chi connectivity index (χ1n) is 9.36. The molecule has 25 heavy (non-hydrogen) atoms. The van der Waals surface area contributed by atoms with Gasteiger partial charge in [-0.15, -0.1) is 0 Å². The van der Waals surface area contributed by atoms with Gasteiger partial charge in [0.25, 0.3) is 0 Å². The molecule has 0 unspecified atom stereocenters. The van der Waals surface area contributed by atoms with Gasteiger partial charge in [0.15, 0.2) is 0 Å². The van der Waals surface area contributed by atoms with E-state index in [1.807, 2.05) is 0 Å². The van der Waals surface area contributed by atoms with Gasteiger partial charge in [0.2, 0.25) is 0 Å². The van der Waals surface area contributed by atoms with Crippen LogP contribution in [0.4, 0.5) is 5.69 Å². The van der Waals surface area contributed by atoms with Gasteiger partial charge < -0.3 is 16.0 Å². The Morgan fingerprint density at radius 3 is 2.60 bits per heavy atom. The Morgan fingerprint density at radius 2 is 1.80 bits per heavy atom. The first kappa shape index (κ1) is 17.4. The van der Waals surface area contributed by atoms with Gasteiger partial charge in [-0.1, -0.05) is 55.5 Å². The molecule has 1 aliphatic rings. The van der Waals surface area contributed by atoms with Gasteiger partial charge in [0, 0.05) is 43.1 Å². The Hall–Kier alpha value is -2.42. The quantitative estimate of drug-likeness (QED) is 0.782. The van der Waals surface area contributed by atoms with Crippen molar-refractivity contribution >= 4 is 5.69 Å². The Kier molecular flexibility index (Phi) is 5.99. The van der Waals surface area contributed by atoms with Gasteiger partial charge in [-0.2, -0.15) is 0 Å². The van der Waals surface area contributed by atoms with E-state index in [9.17, 15) is 0 Å². The zero-order chi connectivity index (χ0) is 17.5. The zero-order valence-electron chi connectivity index (χ0n) is 15.2. The molecular weight excluding hydrogens is 306 g/mol. The maximum Gasteiger partial charge on any atom is 0.0427 e. The number of anilines is 1. The molecule has 0 saturated carbocycles. The summed E-state index contributed by atoms with van der Waals surface area (Å²) in [6, 6.07) is 19.3. The molecule has 3 heteroatoms. The lowest BCUT2D eigenvalue weighted by molar-refractivity contribution is 0.300. The third kappa shape index (κ3) is 4.56. The molecule has 0 aliphatic carbocycles. The van der Waals surface area contributed by atoms with Gasteiger partial charge in [-0.05, 0) is 36.5 Å². The molecule has 3 nitrogen and oxygen atoms in total. The van der Waals surface area contributed by atoms with E-state index in [0.717, 1.165) is 51.0 Å². The minimum Gasteiger partial charge on any atom is -0.401 e. The number of allylic oxidation sites excluding steroid dienone is 2. The summed E-state index contributed by atoms with van der Waals surface area (Å²) in [4.78, 5) is 2.46. The summed E-state index contributed by atoms with van der Waals surface area (Å²) in [6.45, 7) is 5.20.